The van der Waals surface area contributed by atoms with Gasteiger partial charge >= 0.3 is 0 Å². The predicted molar refractivity (Wildman–Crippen MR) is 181 cm³/mol. The van der Waals surface area contributed by atoms with Crippen molar-refractivity contribution >= 4 is 50.7 Å². The van der Waals surface area contributed by atoms with Crippen molar-refractivity contribution in [3.05, 3.63) is 130 Å². The molecule has 7 nitrogen and oxygen atoms in total. The van der Waals surface area contributed by atoms with Gasteiger partial charge in [-0.05, 0) is 60.9 Å². The molecule has 0 spiro atoms. The summed E-state index contributed by atoms with van der Waals surface area (Å²) in [6.07, 6.45) is 1.87. The Hall–Kier alpha value is -3.85. The van der Waals surface area contributed by atoms with Crippen molar-refractivity contribution in [3.8, 4) is 0 Å². The number of nitrogens with zero attached hydrogens (tertiary/aromatic N) is 2. The van der Waals surface area contributed by atoms with E-state index in [1.165, 1.54) is 17.0 Å². The third-order valence-corrected chi connectivity index (χ3v) is 9.76. The lowest BCUT2D eigenvalue weighted by atomic mass is 10.0. The minimum atomic E-state index is -4.17. The van der Waals surface area contributed by atoms with E-state index in [0.29, 0.717) is 27.8 Å². The third-order valence-electron chi connectivity index (χ3n) is 7.39. The molecule has 2 amide bonds. The number of unbranched alkanes of at least 4 members (excludes halogenated alkanes) is 1. The van der Waals surface area contributed by atoms with Gasteiger partial charge in [0.15, 0.2) is 0 Å². The van der Waals surface area contributed by atoms with E-state index in [1.54, 1.807) is 60.7 Å². The number of rotatable bonds is 14. The predicted octanol–water partition coefficient (Wildman–Crippen LogP) is 7.05. The van der Waals surface area contributed by atoms with E-state index < -0.39 is 28.5 Å². The van der Waals surface area contributed by atoms with Crippen LogP contribution >= 0.6 is 23.2 Å². The molecule has 0 bridgehead atoms. The van der Waals surface area contributed by atoms with Gasteiger partial charge in [-0.1, -0.05) is 109 Å². The molecule has 4 aromatic carbocycles. The summed E-state index contributed by atoms with van der Waals surface area (Å²) in [4.78, 5) is 29.8. The first-order chi connectivity index (χ1) is 21.6. The van der Waals surface area contributed by atoms with Crippen molar-refractivity contribution in [2.75, 3.05) is 17.4 Å². The molecule has 0 unspecified atom stereocenters. The molecule has 0 saturated heterocycles. The molecule has 4 rings (SSSR count). The molecule has 1 atom stereocenters. The first kappa shape index (κ1) is 34.0. The normalized spacial score (nSPS) is 11.9. The summed E-state index contributed by atoms with van der Waals surface area (Å²) in [5, 5.41) is 3.74. The number of carbonyl (C=O) groups excluding carboxylic acids is 2. The van der Waals surface area contributed by atoms with Gasteiger partial charge < -0.3 is 10.2 Å². The fraction of sp³-hybridized carbons (Fsp3) is 0.257. The van der Waals surface area contributed by atoms with Crippen LogP contribution < -0.4 is 9.62 Å². The zero-order valence-corrected chi connectivity index (χ0v) is 27.7. The van der Waals surface area contributed by atoms with Gasteiger partial charge in [0, 0.05) is 29.6 Å². The van der Waals surface area contributed by atoms with E-state index in [1.807, 2.05) is 44.2 Å². The Labute approximate surface area is 275 Å². The first-order valence-corrected chi connectivity index (χ1v) is 17.0. The number of anilines is 1. The number of para-hydroxylation sites is 1. The Morgan fingerprint density at radius 1 is 0.867 bits per heavy atom. The van der Waals surface area contributed by atoms with Crippen LogP contribution in [0.5, 0.6) is 0 Å². The van der Waals surface area contributed by atoms with Crippen LogP contribution in [-0.4, -0.2) is 44.3 Å². The number of carbonyl (C=O) groups is 2. The van der Waals surface area contributed by atoms with E-state index in [0.717, 1.165) is 28.3 Å². The van der Waals surface area contributed by atoms with E-state index in [2.05, 4.69) is 5.32 Å². The molecule has 1 N–H and O–H groups in total. The molecule has 0 saturated carbocycles. The summed E-state index contributed by atoms with van der Waals surface area (Å²) in [7, 11) is -4.17. The Balaban J connectivity index is 1.79. The van der Waals surface area contributed by atoms with Crippen LogP contribution in [0.1, 0.15) is 36.5 Å². The quantitative estimate of drug-likeness (QED) is 0.146. The molecule has 4 aromatic rings. The maximum Gasteiger partial charge on any atom is 0.264 e. The number of hydrogen-bond donors (Lipinski definition) is 1. The monoisotopic (exact) mass is 665 g/mol. The van der Waals surface area contributed by atoms with Gasteiger partial charge in [0.25, 0.3) is 10.0 Å². The third kappa shape index (κ3) is 9.10. The zero-order valence-electron chi connectivity index (χ0n) is 25.3. The molecular weight excluding hydrogens is 629 g/mol. The van der Waals surface area contributed by atoms with Crippen LogP contribution in [-0.2, 0) is 32.6 Å². The van der Waals surface area contributed by atoms with Gasteiger partial charge in [-0.2, -0.15) is 0 Å². The lowest BCUT2D eigenvalue weighted by Gasteiger charge is -2.34. The zero-order chi connectivity index (χ0) is 32.4. The van der Waals surface area contributed by atoms with Crippen LogP contribution in [0.4, 0.5) is 5.69 Å². The molecule has 0 fully saturated rings. The molecule has 0 radical (unpaired) electrons. The number of hydrogen-bond acceptors (Lipinski definition) is 4. The van der Waals surface area contributed by atoms with Gasteiger partial charge in [0.2, 0.25) is 11.8 Å². The maximum atomic E-state index is 14.5. The molecular formula is C35H37Cl2N3O4S. The first-order valence-electron chi connectivity index (χ1n) is 14.8. The van der Waals surface area contributed by atoms with Gasteiger partial charge in [0.05, 0.1) is 10.6 Å². The van der Waals surface area contributed by atoms with Gasteiger partial charge in [-0.25, -0.2) is 8.42 Å². The van der Waals surface area contributed by atoms with Crippen LogP contribution in [0.2, 0.25) is 10.0 Å². The minimum absolute atomic E-state index is 0.0409. The van der Waals surface area contributed by atoms with Crippen LogP contribution in [0.3, 0.4) is 0 Å². The van der Waals surface area contributed by atoms with Crippen molar-refractivity contribution in [3.63, 3.8) is 0 Å². The Morgan fingerprint density at radius 3 is 2.13 bits per heavy atom. The second-order valence-electron chi connectivity index (χ2n) is 10.8. The highest BCUT2D eigenvalue weighted by Gasteiger charge is 2.34. The second kappa shape index (κ2) is 15.9. The highest BCUT2D eigenvalue weighted by molar-refractivity contribution is 7.92. The number of halogens is 2. The summed E-state index contributed by atoms with van der Waals surface area (Å²) in [6, 6.07) is 28.3. The fourth-order valence-electron chi connectivity index (χ4n) is 4.85. The van der Waals surface area contributed by atoms with Crippen molar-refractivity contribution in [1.82, 2.24) is 10.2 Å². The summed E-state index contributed by atoms with van der Waals surface area (Å²) in [5.74, 6) is -0.898. The number of sulfonamides is 1. The maximum absolute atomic E-state index is 14.5. The summed E-state index contributed by atoms with van der Waals surface area (Å²) in [5.41, 5.74) is 2.64. The smallest absolute Gasteiger partial charge is 0.264 e. The average molecular weight is 667 g/mol. The number of benzene rings is 4. The molecule has 0 aromatic heterocycles. The van der Waals surface area contributed by atoms with E-state index in [-0.39, 0.29) is 23.8 Å². The van der Waals surface area contributed by atoms with Crippen LogP contribution in [0.15, 0.2) is 108 Å². The van der Waals surface area contributed by atoms with Crippen molar-refractivity contribution in [2.24, 2.45) is 0 Å². The van der Waals surface area contributed by atoms with E-state index in [9.17, 15) is 18.0 Å². The highest BCUT2D eigenvalue weighted by atomic mass is 35.5. The number of nitrogens with one attached hydrogen (secondary N) is 1. The van der Waals surface area contributed by atoms with Crippen LogP contribution in [0, 0.1) is 6.92 Å². The lowest BCUT2D eigenvalue weighted by Crippen LogP contribution is -2.53. The number of amides is 2. The summed E-state index contributed by atoms with van der Waals surface area (Å²) >= 11 is 12.7. The van der Waals surface area contributed by atoms with E-state index >= 15 is 0 Å². The van der Waals surface area contributed by atoms with Gasteiger partial charge in [-0.15, -0.1) is 0 Å². The lowest BCUT2D eigenvalue weighted by molar-refractivity contribution is -0.140. The van der Waals surface area contributed by atoms with Crippen molar-refractivity contribution in [2.45, 2.75) is 50.6 Å². The Bertz CT molecular complexity index is 1690. The summed E-state index contributed by atoms with van der Waals surface area (Å²) in [6.45, 7) is 3.76. The minimum Gasteiger partial charge on any atom is -0.354 e. The van der Waals surface area contributed by atoms with Gasteiger partial charge in [0.1, 0.15) is 12.6 Å². The topological polar surface area (TPSA) is 86.8 Å². The molecule has 0 aliphatic heterocycles. The van der Waals surface area contributed by atoms with Gasteiger partial charge in [-0.3, -0.25) is 13.9 Å². The van der Waals surface area contributed by atoms with E-state index in [4.69, 9.17) is 23.2 Å². The SMILES string of the molecule is CCCCNC(=O)[C@H](Cc1ccccc1)N(Cc1ccc(Cl)cc1Cl)C(=O)CN(c1ccccc1)S(=O)(=O)c1ccc(C)cc1. The molecule has 236 valence electrons. The molecule has 0 heterocycles. The molecule has 0 aliphatic rings. The van der Waals surface area contributed by atoms with Crippen molar-refractivity contribution < 1.29 is 18.0 Å². The molecule has 10 heteroatoms. The largest absolute Gasteiger partial charge is 0.354 e. The number of aryl methyl sites for hydroxylation is 1. The molecule has 0 aliphatic carbocycles. The van der Waals surface area contributed by atoms with Crippen LogP contribution in [0.25, 0.3) is 0 Å². The average Bonchev–Trinajstić information content (AvgIpc) is 3.03. The Kier molecular flexibility index (Phi) is 12.0. The summed E-state index contributed by atoms with van der Waals surface area (Å²) < 4.78 is 29.2. The highest BCUT2D eigenvalue weighted by Crippen LogP contribution is 2.27. The van der Waals surface area contributed by atoms with Crippen molar-refractivity contribution in [1.29, 1.82) is 0 Å². The fourth-order valence-corrected chi connectivity index (χ4v) is 6.74. The Morgan fingerprint density at radius 2 is 1.51 bits per heavy atom. The second-order valence-corrected chi connectivity index (χ2v) is 13.5. The standard InChI is InChI=1S/C35H37Cl2N3O4S/c1-3-4-21-38-35(42)33(22-27-11-7-5-8-12-27)39(24-28-17-18-29(36)23-32(28)37)34(41)25-40(30-13-9-6-10-14-30)45(43,44)31-19-15-26(2)16-20-31/h5-20,23,33H,3-4,21-22,24-25H2,1-2H3,(H,38,42)/t33-/m0/s1. The molecule has 45 heavy (non-hydrogen) atoms.